The normalized spacial score (nSPS) is 26.6. The van der Waals surface area contributed by atoms with Crippen molar-refractivity contribution in [2.45, 2.75) is 24.8 Å². The van der Waals surface area contributed by atoms with Gasteiger partial charge in [0, 0.05) is 6.42 Å². The molecule has 1 heterocycles. The van der Waals surface area contributed by atoms with Gasteiger partial charge >= 0.3 is 6.03 Å². The highest BCUT2D eigenvalue weighted by Crippen LogP contribution is 2.29. The van der Waals surface area contributed by atoms with Crippen LogP contribution in [0.25, 0.3) is 0 Å². The van der Waals surface area contributed by atoms with Crippen molar-refractivity contribution in [1.29, 1.82) is 0 Å². The number of amides is 3. The molecule has 3 rings (SSSR count). The van der Waals surface area contributed by atoms with Crippen LogP contribution in [0.3, 0.4) is 0 Å². The van der Waals surface area contributed by atoms with Gasteiger partial charge in [0.2, 0.25) is 0 Å². The van der Waals surface area contributed by atoms with Gasteiger partial charge in [-0.3, -0.25) is 10.1 Å². The Hall–Kier alpha value is -1.78. The number of nitrogens with one attached hydrogen (secondary N) is 2. The fraction of sp³-hybridized carbons (Fsp3) is 0.333. The average molecular weight is 226 g/mol. The van der Waals surface area contributed by atoms with Crippen LogP contribution >= 0.6 is 0 Å². The maximum atomic E-state index is 11.8. The molecule has 2 radical (unpaired) electrons. The minimum atomic E-state index is -0.766. The molecule has 1 aliphatic heterocycles. The summed E-state index contributed by atoms with van der Waals surface area (Å²) in [5, 5.41) is 5.04. The highest BCUT2D eigenvalue weighted by atomic mass is 16.2. The van der Waals surface area contributed by atoms with Gasteiger partial charge in [-0.05, 0) is 18.4 Å². The summed E-state index contributed by atoms with van der Waals surface area (Å²) in [6, 6.07) is 5.30. The van der Waals surface area contributed by atoms with Crippen molar-refractivity contribution >= 4 is 25.2 Å². The second-order valence-electron chi connectivity index (χ2n) is 4.65. The van der Waals surface area contributed by atoms with Gasteiger partial charge in [0.25, 0.3) is 5.91 Å². The van der Waals surface area contributed by atoms with Crippen LogP contribution in [0.1, 0.15) is 17.5 Å². The van der Waals surface area contributed by atoms with E-state index in [-0.39, 0.29) is 5.91 Å². The van der Waals surface area contributed by atoms with E-state index in [0.717, 1.165) is 23.0 Å². The van der Waals surface area contributed by atoms with Crippen LogP contribution in [0.2, 0.25) is 0 Å². The fourth-order valence-corrected chi connectivity index (χ4v) is 2.71. The molecular weight excluding hydrogens is 215 g/mol. The van der Waals surface area contributed by atoms with E-state index in [2.05, 4.69) is 10.6 Å². The van der Waals surface area contributed by atoms with Crippen LogP contribution in [0.5, 0.6) is 0 Å². The molecule has 1 aliphatic carbocycles. The smallest absolute Gasteiger partial charge is 0.322 e. The molecule has 0 bridgehead atoms. The summed E-state index contributed by atoms with van der Waals surface area (Å²) in [5.74, 6) is -0.226. The molecule has 2 N–H and O–H groups in total. The van der Waals surface area contributed by atoms with Crippen molar-refractivity contribution in [1.82, 2.24) is 10.6 Å². The third-order valence-electron chi connectivity index (χ3n) is 3.62. The molecular formula is C12H11BN2O2. The molecule has 1 saturated heterocycles. The molecule has 0 aromatic heterocycles. The quantitative estimate of drug-likeness (QED) is 0.465. The van der Waals surface area contributed by atoms with E-state index in [1.54, 1.807) is 0 Å². The molecule has 3 amide bonds. The lowest BCUT2D eigenvalue weighted by atomic mass is 9.73. The van der Waals surface area contributed by atoms with E-state index in [0.29, 0.717) is 12.8 Å². The van der Waals surface area contributed by atoms with Crippen LogP contribution in [0.15, 0.2) is 18.2 Å². The highest BCUT2D eigenvalue weighted by Gasteiger charge is 2.47. The van der Waals surface area contributed by atoms with Gasteiger partial charge in [-0.25, -0.2) is 4.79 Å². The number of hydrogen-bond acceptors (Lipinski definition) is 2. The Bertz CT molecular complexity index is 529. The van der Waals surface area contributed by atoms with Gasteiger partial charge in [0.15, 0.2) is 0 Å². The number of urea groups is 1. The zero-order chi connectivity index (χ0) is 12.0. The first-order chi connectivity index (χ1) is 8.11. The summed E-state index contributed by atoms with van der Waals surface area (Å²) >= 11 is 0. The Kier molecular flexibility index (Phi) is 2.05. The predicted molar refractivity (Wildman–Crippen MR) is 63.3 cm³/mol. The average Bonchev–Trinajstić information content (AvgIpc) is 2.53. The minimum Gasteiger partial charge on any atom is -0.323 e. The highest BCUT2D eigenvalue weighted by molar-refractivity contribution is 6.33. The maximum absolute atomic E-state index is 11.8. The van der Waals surface area contributed by atoms with E-state index in [4.69, 9.17) is 7.85 Å². The Labute approximate surface area is 100 Å². The Morgan fingerprint density at radius 3 is 2.82 bits per heavy atom. The first-order valence-corrected chi connectivity index (χ1v) is 5.61. The number of hydrogen-bond donors (Lipinski definition) is 2. The van der Waals surface area contributed by atoms with E-state index in [1.807, 2.05) is 18.2 Å². The van der Waals surface area contributed by atoms with Crippen LogP contribution in [0.4, 0.5) is 4.79 Å². The summed E-state index contributed by atoms with van der Waals surface area (Å²) in [6.07, 6.45) is 1.84. The first-order valence-electron chi connectivity index (χ1n) is 5.61. The number of benzene rings is 1. The molecule has 0 saturated carbocycles. The number of imide groups is 1. The van der Waals surface area contributed by atoms with Crippen LogP contribution < -0.4 is 16.1 Å². The second kappa shape index (κ2) is 3.36. The predicted octanol–water partition coefficient (Wildman–Crippen LogP) is -0.453. The van der Waals surface area contributed by atoms with Crippen molar-refractivity contribution in [3.05, 3.63) is 29.3 Å². The molecule has 2 aliphatic rings. The first kappa shape index (κ1) is 10.4. The molecule has 1 aromatic carbocycles. The van der Waals surface area contributed by atoms with Crippen LogP contribution in [0, 0.1) is 0 Å². The number of fused-ring (bicyclic) bond motifs is 1. The molecule has 17 heavy (non-hydrogen) atoms. The number of carbonyl (C=O) groups excluding carboxylic acids is 2. The van der Waals surface area contributed by atoms with Gasteiger partial charge in [-0.15, -0.1) is 0 Å². The fourth-order valence-electron chi connectivity index (χ4n) is 2.71. The second-order valence-corrected chi connectivity index (χ2v) is 4.65. The van der Waals surface area contributed by atoms with Crippen molar-refractivity contribution < 1.29 is 9.59 Å². The summed E-state index contributed by atoms with van der Waals surface area (Å²) in [4.78, 5) is 23.1. The lowest BCUT2D eigenvalue weighted by molar-refractivity contribution is -0.124. The third kappa shape index (κ3) is 1.45. The molecule has 1 aromatic rings. The third-order valence-corrected chi connectivity index (χ3v) is 3.62. The Morgan fingerprint density at radius 2 is 2.12 bits per heavy atom. The van der Waals surface area contributed by atoms with Gasteiger partial charge in [-0.2, -0.15) is 0 Å². The number of carbonyl (C=O) groups is 2. The van der Waals surface area contributed by atoms with Crippen molar-refractivity contribution in [3.63, 3.8) is 0 Å². The minimum absolute atomic E-state index is 0.226. The van der Waals surface area contributed by atoms with E-state index in [1.165, 1.54) is 0 Å². The van der Waals surface area contributed by atoms with Crippen LogP contribution in [-0.4, -0.2) is 25.3 Å². The largest absolute Gasteiger partial charge is 0.323 e. The van der Waals surface area contributed by atoms with Crippen LogP contribution in [-0.2, 0) is 17.6 Å². The number of rotatable bonds is 0. The standard InChI is InChI=1S/C12H11BN2O2/c13-9-3-1-2-7-6-12(5-4-8(7)9)10(16)14-11(17)15-12/h1-3H,4-6H2,(H2,14,15,16,17). The van der Waals surface area contributed by atoms with Crippen molar-refractivity contribution in [2.75, 3.05) is 0 Å². The van der Waals surface area contributed by atoms with E-state index < -0.39 is 11.6 Å². The topological polar surface area (TPSA) is 58.2 Å². The molecule has 1 atom stereocenters. The van der Waals surface area contributed by atoms with Crippen molar-refractivity contribution in [2.24, 2.45) is 0 Å². The lowest BCUT2D eigenvalue weighted by Gasteiger charge is -2.32. The SMILES string of the molecule is [B]c1cccc2c1CCC1(C2)NC(=O)NC1=O. The van der Waals surface area contributed by atoms with Gasteiger partial charge in [0.1, 0.15) is 13.4 Å². The molecule has 84 valence electrons. The summed E-state index contributed by atoms with van der Waals surface area (Å²) in [7, 11) is 5.90. The molecule has 1 unspecified atom stereocenters. The van der Waals surface area contributed by atoms with Crippen molar-refractivity contribution in [3.8, 4) is 0 Å². The van der Waals surface area contributed by atoms with E-state index >= 15 is 0 Å². The molecule has 4 nitrogen and oxygen atoms in total. The Morgan fingerprint density at radius 1 is 1.29 bits per heavy atom. The summed E-state index contributed by atoms with van der Waals surface area (Å²) < 4.78 is 0. The lowest BCUT2D eigenvalue weighted by Crippen LogP contribution is -2.51. The van der Waals surface area contributed by atoms with Gasteiger partial charge < -0.3 is 5.32 Å². The molecule has 1 fully saturated rings. The Balaban J connectivity index is 2.01. The zero-order valence-corrected chi connectivity index (χ0v) is 9.25. The molecule has 5 heteroatoms. The maximum Gasteiger partial charge on any atom is 0.322 e. The van der Waals surface area contributed by atoms with Gasteiger partial charge in [0.05, 0.1) is 0 Å². The van der Waals surface area contributed by atoms with Gasteiger partial charge in [-0.1, -0.05) is 29.2 Å². The summed E-state index contributed by atoms with van der Waals surface area (Å²) in [5.41, 5.74) is 2.15. The zero-order valence-electron chi connectivity index (χ0n) is 9.25. The summed E-state index contributed by atoms with van der Waals surface area (Å²) in [6.45, 7) is 0. The van der Waals surface area contributed by atoms with E-state index in [9.17, 15) is 9.59 Å². The monoisotopic (exact) mass is 226 g/mol. The molecule has 1 spiro atoms.